The Bertz CT molecular complexity index is 508. The Morgan fingerprint density at radius 2 is 1.95 bits per heavy atom. The summed E-state index contributed by atoms with van der Waals surface area (Å²) in [5, 5.41) is 9.87. The highest BCUT2D eigenvalue weighted by Gasteiger charge is 2.20. The van der Waals surface area contributed by atoms with Crippen LogP contribution in [0.2, 0.25) is 0 Å². The summed E-state index contributed by atoms with van der Waals surface area (Å²) in [6.45, 7) is 6.20. The van der Waals surface area contributed by atoms with Gasteiger partial charge < -0.3 is 15.7 Å². The molecule has 1 aliphatic heterocycles. The standard InChI is InChI=1S/C16H25N3O2/c1-3-4-12-14(20)6-5-13(16(12)17)15(21)11-19-9-7-18(2)8-10-19/h5-6,20H,3-4,7-11,17H2,1-2H3. The predicted molar refractivity (Wildman–Crippen MR) is 84.8 cm³/mol. The zero-order valence-electron chi connectivity index (χ0n) is 12.9. The van der Waals surface area contributed by atoms with Gasteiger partial charge in [0.2, 0.25) is 0 Å². The molecule has 1 aromatic carbocycles. The Labute approximate surface area is 126 Å². The van der Waals surface area contributed by atoms with Crippen molar-refractivity contribution in [3.8, 4) is 5.75 Å². The zero-order valence-corrected chi connectivity index (χ0v) is 12.9. The first kappa shape index (κ1) is 15.8. The topological polar surface area (TPSA) is 69.8 Å². The van der Waals surface area contributed by atoms with Gasteiger partial charge in [0.25, 0.3) is 0 Å². The van der Waals surface area contributed by atoms with Crippen molar-refractivity contribution in [2.24, 2.45) is 0 Å². The Morgan fingerprint density at radius 3 is 2.57 bits per heavy atom. The van der Waals surface area contributed by atoms with Gasteiger partial charge in [-0.05, 0) is 25.6 Å². The van der Waals surface area contributed by atoms with Gasteiger partial charge in [0.15, 0.2) is 5.78 Å². The van der Waals surface area contributed by atoms with E-state index < -0.39 is 0 Å². The molecule has 0 saturated carbocycles. The van der Waals surface area contributed by atoms with Gasteiger partial charge in [0.1, 0.15) is 5.75 Å². The zero-order chi connectivity index (χ0) is 15.4. The van der Waals surface area contributed by atoms with Gasteiger partial charge in [-0.2, -0.15) is 0 Å². The summed E-state index contributed by atoms with van der Waals surface area (Å²) in [6, 6.07) is 3.22. The average Bonchev–Trinajstić information content (AvgIpc) is 2.46. The third kappa shape index (κ3) is 3.74. The molecule has 1 fully saturated rings. The van der Waals surface area contributed by atoms with E-state index >= 15 is 0 Å². The van der Waals surface area contributed by atoms with E-state index in [0.717, 1.165) is 32.6 Å². The Morgan fingerprint density at radius 1 is 1.29 bits per heavy atom. The van der Waals surface area contributed by atoms with Crippen molar-refractivity contribution in [2.45, 2.75) is 19.8 Å². The summed E-state index contributed by atoms with van der Waals surface area (Å²) in [5.41, 5.74) is 7.76. The van der Waals surface area contributed by atoms with Crippen LogP contribution in [0, 0.1) is 0 Å². The highest BCUT2D eigenvalue weighted by atomic mass is 16.3. The number of hydrogen-bond acceptors (Lipinski definition) is 5. The molecular formula is C16H25N3O2. The Hall–Kier alpha value is -1.59. The highest BCUT2D eigenvalue weighted by Crippen LogP contribution is 2.28. The number of rotatable bonds is 5. The van der Waals surface area contributed by atoms with Crippen molar-refractivity contribution >= 4 is 11.5 Å². The first-order chi connectivity index (χ1) is 10.0. The molecule has 5 nitrogen and oxygen atoms in total. The van der Waals surface area contributed by atoms with Gasteiger partial charge in [-0.1, -0.05) is 13.3 Å². The number of phenolic OH excluding ortho intramolecular Hbond substituents is 1. The van der Waals surface area contributed by atoms with Gasteiger partial charge in [-0.15, -0.1) is 0 Å². The second-order valence-electron chi connectivity index (χ2n) is 5.78. The Kier molecular flexibility index (Phi) is 5.20. The fourth-order valence-electron chi connectivity index (χ4n) is 2.70. The lowest BCUT2D eigenvalue weighted by Crippen LogP contribution is -2.46. The van der Waals surface area contributed by atoms with E-state index in [1.54, 1.807) is 12.1 Å². The van der Waals surface area contributed by atoms with Crippen LogP contribution < -0.4 is 5.73 Å². The second-order valence-corrected chi connectivity index (χ2v) is 5.78. The molecule has 1 saturated heterocycles. The van der Waals surface area contributed by atoms with Crippen molar-refractivity contribution in [1.82, 2.24) is 9.80 Å². The van der Waals surface area contributed by atoms with E-state index in [9.17, 15) is 9.90 Å². The van der Waals surface area contributed by atoms with Crippen LogP contribution in [0.1, 0.15) is 29.3 Å². The molecule has 5 heteroatoms. The Balaban J connectivity index is 2.10. The fourth-order valence-corrected chi connectivity index (χ4v) is 2.70. The highest BCUT2D eigenvalue weighted by molar-refractivity contribution is 6.03. The maximum atomic E-state index is 12.5. The first-order valence-electron chi connectivity index (χ1n) is 7.57. The molecule has 0 spiro atoms. The maximum Gasteiger partial charge on any atom is 0.178 e. The van der Waals surface area contributed by atoms with Crippen LogP contribution >= 0.6 is 0 Å². The molecular weight excluding hydrogens is 266 g/mol. The number of aromatic hydroxyl groups is 1. The molecule has 1 aliphatic rings. The third-order valence-electron chi connectivity index (χ3n) is 4.10. The van der Waals surface area contributed by atoms with Crippen LogP contribution in [0.4, 0.5) is 5.69 Å². The van der Waals surface area contributed by atoms with E-state index in [1.165, 1.54) is 0 Å². The largest absolute Gasteiger partial charge is 0.508 e. The van der Waals surface area contributed by atoms with Crippen molar-refractivity contribution < 1.29 is 9.90 Å². The predicted octanol–water partition coefficient (Wildman–Crippen LogP) is 1.36. The third-order valence-corrected chi connectivity index (χ3v) is 4.10. The fraction of sp³-hybridized carbons (Fsp3) is 0.562. The van der Waals surface area contributed by atoms with Gasteiger partial charge in [0, 0.05) is 43.0 Å². The average molecular weight is 291 g/mol. The number of likely N-dealkylation sites (N-methyl/N-ethyl adjacent to an activating group) is 1. The van der Waals surface area contributed by atoms with E-state index in [2.05, 4.69) is 16.8 Å². The number of hydrogen-bond donors (Lipinski definition) is 2. The first-order valence-corrected chi connectivity index (χ1v) is 7.57. The number of nitrogen functional groups attached to an aromatic ring is 1. The molecule has 0 atom stereocenters. The number of carbonyl (C=O) groups is 1. The lowest BCUT2D eigenvalue weighted by Gasteiger charge is -2.31. The molecule has 2 rings (SSSR count). The van der Waals surface area contributed by atoms with Gasteiger partial charge in [-0.3, -0.25) is 9.69 Å². The number of carbonyl (C=O) groups excluding carboxylic acids is 1. The van der Waals surface area contributed by atoms with Crippen LogP contribution in [-0.2, 0) is 6.42 Å². The molecule has 0 amide bonds. The van der Waals surface area contributed by atoms with Crippen LogP contribution in [-0.4, -0.2) is 60.5 Å². The number of piperazine rings is 1. The maximum absolute atomic E-state index is 12.5. The van der Waals surface area contributed by atoms with Gasteiger partial charge >= 0.3 is 0 Å². The molecule has 21 heavy (non-hydrogen) atoms. The molecule has 0 unspecified atom stereocenters. The number of nitrogens with two attached hydrogens (primary N) is 1. The number of Topliss-reactive ketones (excluding diaryl/α,β-unsaturated/α-hetero) is 1. The van der Waals surface area contributed by atoms with Gasteiger partial charge in [0.05, 0.1) is 6.54 Å². The van der Waals surface area contributed by atoms with Crippen molar-refractivity contribution in [3.63, 3.8) is 0 Å². The van der Waals surface area contributed by atoms with Crippen molar-refractivity contribution in [2.75, 3.05) is 45.5 Å². The monoisotopic (exact) mass is 291 g/mol. The van der Waals surface area contributed by atoms with Crippen LogP contribution in [0.25, 0.3) is 0 Å². The SMILES string of the molecule is CCCc1c(O)ccc(C(=O)CN2CCN(C)CC2)c1N. The van der Waals surface area contributed by atoms with Crippen LogP contribution in [0.15, 0.2) is 12.1 Å². The molecule has 1 heterocycles. The second kappa shape index (κ2) is 6.91. The van der Waals surface area contributed by atoms with Crippen LogP contribution in [0.3, 0.4) is 0 Å². The molecule has 0 radical (unpaired) electrons. The molecule has 0 bridgehead atoms. The summed E-state index contributed by atoms with van der Waals surface area (Å²) in [4.78, 5) is 16.9. The number of ketones is 1. The quantitative estimate of drug-likeness (QED) is 0.633. The van der Waals surface area contributed by atoms with Crippen molar-refractivity contribution in [1.29, 1.82) is 0 Å². The summed E-state index contributed by atoms with van der Waals surface area (Å²) in [6.07, 6.45) is 1.57. The van der Waals surface area contributed by atoms with Crippen molar-refractivity contribution in [3.05, 3.63) is 23.3 Å². The van der Waals surface area contributed by atoms with E-state index in [4.69, 9.17) is 5.73 Å². The van der Waals surface area contributed by atoms with Gasteiger partial charge in [-0.25, -0.2) is 0 Å². The van der Waals surface area contributed by atoms with Crippen LogP contribution in [0.5, 0.6) is 5.75 Å². The van der Waals surface area contributed by atoms with E-state index in [0.29, 0.717) is 29.8 Å². The number of anilines is 1. The lowest BCUT2D eigenvalue weighted by atomic mass is 9.99. The summed E-state index contributed by atoms with van der Waals surface area (Å²) >= 11 is 0. The summed E-state index contributed by atoms with van der Waals surface area (Å²) in [7, 11) is 2.09. The molecule has 116 valence electrons. The smallest absolute Gasteiger partial charge is 0.178 e. The van der Waals surface area contributed by atoms with E-state index in [-0.39, 0.29) is 11.5 Å². The minimum absolute atomic E-state index is 0.0365. The minimum Gasteiger partial charge on any atom is -0.508 e. The lowest BCUT2D eigenvalue weighted by molar-refractivity contribution is 0.0877. The number of nitrogens with zero attached hydrogens (tertiary/aromatic N) is 2. The summed E-state index contributed by atoms with van der Waals surface area (Å²) < 4.78 is 0. The minimum atomic E-state index is 0.0365. The molecule has 0 aliphatic carbocycles. The summed E-state index contributed by atoms with van der Waals surface area (Å²) in [5.74, 6) is 0.222. The molecule has 3 N–H and O–H groups in total. The number of benzene rings is 1. The molecule has 0 aromatic heterocycles. The normalized spacial score (nSPS) is 17.0. The van der Waals surface area contributed by atoms with E-state index in [1.807, 2.05) is 6.92 Å². The number of phenols is 1. The molecule has 1 aromatic rings.